The van der Waals surface area contributed by atoms with Crippen molar-refractivity contribution in [3.8, 4) is 39.4 Å². The number of benzene rings is 3. The minimum Gasteiger partial charge on any atom is -0.473 e. The van der Waals surface area contributed by atoms with Gasteiger partial charge in [0.2, 0.25) is 5.88 Å². The molecule has 1 heterocycles. The summed E-state index contributed by atoms with van der Waals surface area (Å²) in [4.78, 5) is 4.90. The van der Waals surface area contributed by atoms with Gasteiger partial charge in [-0.2, -0.15) is 0 Å². The molecule has 1 aromatic heterocycles. The van der Waals surface area contributed by atoms with E-state index in [1.54, 1.807) is 6.08 Å². The number of aromatic nitrogens is 1. The van der Waals surface area contributed by atoms with E-state index >= 15 is 0 Å². The number of rotatable bonds is 6. The first-order chi connectivity index (χ1) is 14.7. The zero-order chi connectivity index (χ0) is 20.9. The van der Waals surface area contributed by atoms with Crippen molar-refractivity contribution in [2.24, 2.45) is 0 Å². The van der Waals surface area contributed by atoms with Crippen LogP contribution in [0.25, 0.3) is 33.5 Å². The minimum absolute atomic E-state index is 0.367. The predicted molar refractivity (Wildman–Crippen MR) is 129 cm³/mol. The summed E-state index contributed by atoms with van der Waals surface area (Å²) >= 11 is 9.80. The van der Waals surface area contributed by atoms with Gasteiger partial charge in [0.25, 0.3) is 0 Å². The van der Waals surface area contributed by atoms with Crippen LogP contribution in [0.15, 0.2) is 102 Å². The van der Waals surface area contributed by atoms with Crippen LogP contribution in [-0.4, -0.2) is 11.6 Å². The van der Waals surface area contributed by atoms with Crippen molar-refractivity contribution in [2.75, 3.05) is 6.61 Å². The Bertz CT molecular complexity index is 1170. The summed E-state index contributed by atoms with van der Waals surface area (Å²) < 4.78 is 7.03. The fraction of sp³-hybridized carbons (Fsp3) is 0.0385. The summed E-state index contributed by atoms with van der Waals surface area (Å²) in [6.45, 7) is 4.16. The Balaban J connectivity index is 2.02. The van der Waals surface area contributed by atoms with Gasteiger partial charge in [-0.05, 0) is 41.0 Å². The van der Waals surface area contributed by atoms with Crippen LogP contribution < -0.4 is 4.74 Å². The maximum absolute atomic E-state index is 6.15. The summed E-state index contributed by atoms with van der Waals surface area (Å²) in [5, 5.41) is 0.697. The van der Waals surface area contributed by atoms with Crippen molar-refractivity contribution in [1.29, 1.82) is 0 Å². The molecule has 0 atom stereocenters. The molecular formula is C26H19BrClNO. The third kappa shape index (κ3) is 4.33. The molecule has 4 rings (SSSR count). The average molecular weight is 477 g/mol. The Kier molecular flexibility index (Phi) is 6.32. The molecule has 0 bridgehead atoms. The molecule has 30 heavy (non-hydrogen) atoms. The zero-order valence-corrected chi connectivity index (χ0v) is 18.5. The van der Waals surface area contributed by atoms with Crippen LogP contribution in [0.2, 0.25) is 5.02 Å². The lowest BCUT2D eigenvalue weighted by Gasteiger charge is -2.18. The number of nitrogens with zero attached hydrogens (tertiary/aromatic N) is 1. The van der Waals surface area contributed by atoms with E-state index in [1.165, 1.54) is 0 Å². The molecule has 0 amide bonds. The highest BCUT2D eigenvalue weighted by Crippen LogP contribution is 2.42. The number of hydrogen-bond acceptors (Lipinski definition) is 2. The van der Waals surface area contributed by atoms with E-state index < -0.39 is 0 Å². The van der Waals surface area contributed by atoms with Gasteiger partial charge in [-0.15, -0.1) is 0 Å². The Morgan fingerprint density at radius 3 is 2.27 bits per heavy atom. The Morgan fingerprint density at radius 1 is 0.867 bits per heavy atom. The Hall–Kier alpha value is -2.88. The van der Waals surface area contributed by atoms with Crippen LogP contribution in [-0.2, 0) is 0 Å². The van der Waals surface area contributed by atoms with Crippen molar-refractivity contribution in [3.05, 3.63) is 107 Å². The first kappa shape index (κ1) is 20.4. The van der Waals surface area contributed by atoms with E-state index in [-0.39, 0.29) is 0 Å². The molecule has 0 aliphatic heterocycles. The van der Waals surface area contributed by atoms with Gasteiger partial charge < -0.3 is 4.74 Å². The van der Waals surface area contributed by atoms with E-state index in [4.69, 9.17) is 21.3 Å². The number of halogens is 2. The summed E-state index contributed by atoms with van der Waals surface area (Å²) in [6.07, 6.45) is 1.73. The molecule has 0 unspecified atom stereocenters. The van der Waals surface area contributed by atoms with Crippen LogP contribution in [0.5, 0.6) is 5.88 Å². The standard InChI is InChI=1S/C26H19BrClNO/c1-2-16-30-26-25(19-8-4-3-5-9-19)22(18-12-14-20(28)15-13-18)17-24(29-26)21-10-6-7-11-23(21)27/h2-15,17H,1,16H2. The summed E-state index contributed by atoms with van der Waals surface area (Å²) in [5.41, 5.74) is 5.86. The second kappa shape index (κ2) is 9.29. The first-order valence-electron chi connectivity index (χ1n) is 9.52. The van der Waals surface area contributed by atoms with Crippen LogP contribution in [0.4, 0.5) is 0 Å². The number of hydrogen-bond donors (Lipinski definition) is 0. The molecule has 2 nitrogen and oxygen atoms in total. The summed E-state index contributed by atoms with van der Waals surface area (Å²) in [6, 6.07) is 28.1. The van der Waals surface area contributed by atoms with Crippen LogP contribution in [0, 0.1) is 0 Å². The maximum Gasteiger partial charge on any atom is 0.222 e. The molecule has 0 N–H and O–H groups in total. The smallest absolute Gasteiger partial charge is 0.222 e. The highest BCUT2D eigenvalue weighted by Gasteiger charge is 2.19. The first-order valence-corrected chi connectivity index (χ1v) is 10.7. The molecule has 3 aromatic carbocycles. The van der Waals surface area contributed by atoms with Crippen molar-refractivity contribution in [1.82, 2.24) is 4.98 Å². The topological polar surface area (TPSA) is 22.1 Å². The van der Waals surface area contributed by atoms with Gasteiger partial charge in [0.05, 0.1) is 11.3 Å². The van der Waals surface area contributed by atoms with Gasteiger partial charge in [0.15, 0.2) is 0 Å². The van der Waals surface area contributed by atoms with E-state index in [0.717, 1.165) is 38.0 Å². The Morgan fingerprint density at radius 2 is 1.57 bits per heavy atom. The van der Waals surface area contributed by atoms with Crippen molar-refractivity contribution in [3.63, 3.8) is 0 Å². The third-order valence-corrected chi connectivity index (χ3v) is 5.64. The fourth-order valence-corrected chi connectivity index (χ4v) is 3.93. The van der Waals surface area contributed by atoms with Crippen LogP contribution >= 0.6 is 27.5 Å². The quantitative estimate of drug-likeness (QED) is 0.262. The van der Waals surface area contributed by atoms with Gasteiger partial charge in [-0.1, -0.05) is 101 Å². The lowest BCUT2D eigenvalue weighted by molar-refractivity contribution is 0.351. The van der Waals surface area contributed by atoms with Gasteiger partial charge in [0.1, 0.15) is 6.61 Å². The second-order valence-corrected chi connectivity index (χ2v) is 7.98. The van der Waals surface area contributed by atoms with Crippen LogP contribution in [0.1, 0.15) is 0 Å². The molecule has 148 valence electrons. The van der Waals surface area contributed by atoms with Crippen LogP contribution in [0.3, 0.4) is 0 Å². The predicted octanol–water partition coefficient (Wildman–Crippen LogP) is 8.06. The molecule has 0 aliphatic carbocycles. The molecule has 4 aromatic rings. The molecule has 0 saturated carbocycles. The molecule has 0 saturated heterocycles. The third-order valence-electron chi connectivity index (χ3n) is 4.69. The molecule has 0 spiro atoms. The lowest BCUT2D eigenvalue weighted by atomic mass is 9.94. The largest absolute Gasteiger partial charge is 0.473 e. The molecular weight excluding hydrogens is 458 g/mol. The summed E-state index contributed by atoms with van der Waals surface area (Å²) in [5.74, 6) is 0.569. The van der Waals surface area contributed by atoms with Crippen molar-refractivity contribution < 1.29 is 4.74 Å². The van der Waals surface area contributed by atoms with E-state index in [1.807, 2.05) is 66.7 Å². The Labute approximate surface area is 190 Å². The zero-order valence-electron chi connectivity index (χ0n) is 16.2. The number of pyridine rings is 1. The molecule has 0 fully saturated rings. The van der Waals surface area contributed by atoms with E-state index in [0.29, 0.717) is 17.5 Å². The van der Waals surface area contributed by atoms with E-state index in [2.05, 4.69) is 40.7 Å². The molecule has 4 heteroatoms. The lowest BCUT2D eigenvalue weighted by Crippen LogP contribution is -2.01. The van der Waals surface area contributed by atoms with Crippen molar-refractivity contribution in [2.45, 2.75) is 0 Å². The summed E-state index contributed by atoms with van der Waals surface area (Å²) in [7, 11) is 0. The molecule has 0 radical (unpaired) electrons. The number of ether oxygens (including phenoxy) is 1. The van der Waals surface area contributed by atoms with Gasteiger partial charge in [-0.3, -0.25) is 0 Å². The van der Waals surface area contributed by atoms with Gasteiger partial charge in [-0.25, -0.2) is 4.98 Å². The monoisotopic (exact) mass is 475 g/mol. The normalized spacial score (nSPS) is 10.6. The fourth-order valence-electron chi connectivity index (χ4n) is 3.31. The highest BCUT2D eigenvalue weighted by molar-refractivity contribution is 9.10. The van der Waals surface area contributed by atoms with Gasteiger partial charge in [0, 0.05) is 15.1 Å². The minimum atomic E-state index is 0.367. The average Bonchev–Trinajstić information content (AvgIpc) is 2.78. The van der Waals surface area contributed by atoms with Crippen molar-refractivity contribution >= 4 is 27.5 Å². The highest BCUT2D eigenvalue weighted by atomic mass is 79.9. The van der Waals surface area contributed by atoms with E-state index in [9.17, 15) is 0 Å². The maximum atomic E-state index is 6.15. The second-order valence-electron chi connectivity index (χ2n) is 6.69. The molecule has 0 aliphatic rings. The SMILES string of the molecule is C=CCOc1nc(-c2ccccc2Br)cc(-c2ccc(Cl)cc2)c1-c1ccccc1. The van der Waals surface area contributed by atoms with Gasteiger partial charge >= 0.3 is 0 Å².